The van der Waals surface area contributed by atoms with Crippen LogP contribution < -0.4 is 14.4 Å². The highest BCUT2D eigenvalue weighted by molar-refractivity contribution is 5.52. The molecule has 0 saturated carbocycles. The molecule has 2 aromatic rings. The third kappa shape index (κ3) is 4.57. The Bertz CT molecular complexity index is 936. The van der Waals surface area contributed by atoms with Crippen LogP contribution in [0.15, 0.2) is 30.3 Å². The lowest BCUT2D eigenvalue weighted by atomic mass is 9.86. The fourth-order valence-corrected chi connectivity index (χ4v) is 5.23. The zero-order chi connectivity index (χ0) is 22.7. The monoisotopic (exact) mass is 442 g/mol. The third-order valence-electron chi connectivity index (χ3n) is 7.13. The molecule has 32 heavy (non-hydrogen) atoms. The van der Waals surface area contributed by atoms with Crippen LogP contribution in [0.1, 0.15) is 42.0 Å². The van der Waals surface area contributed by atoms with Crippen molar-refractivity contribution in [2.75, 3.05) is 52.0 Å². The van der Waals surface area contributed by atoms with Gasteiger partial charge in [0.05, 0.1) is 13.7 Å². The van der Waals surface area contributed by atoms with Crippen molar-refractivity contribution < 1.29 is 18.6 Å². The summed E-state index contributed by atoms with van der Waals surface area (Å²) in [5.74, 6) is 0.948. The van der Waals surface area contributed by atoms with E-state index in [1.807, 2.05) is 12.1 Å². The van der Waals surface area contributed by atoms with Crippen LogP contribution in [0.25, 0.3) is 0 Å². The molecule has 0 spiro atoms. The van der Waals surface area contributed by atoms with Gasteiger partial charge in [0, 0.05) is 50.6 Å². The summed E-state index contributed by atoms with van der Waals surface area (Å²) in [5.41, 5.74) is 5.01. The predicted molar refractivity (Wildman–Crippen MR) is 126 cm³/mol. The highest BCUT2D eigenvalue weighted by Gasteiger charge is 2.36. The van der Waals surface area contributed by atoms with Gasteiger partial charge in [-0.1, -0.05) is 6.07 Å². The van der Waals surface area contributed by atoms with Crippen molar-refractivity contribution in [1.82, 2.24) is 4.90 Å². The molecule has 0 amide bonds. The second-order valence-corrected chi connectivity index (χ2v) is 8.85. The Kier molecular flexibility index (Phi) is 7.21. The Labute approximate surface area is 191 Å². The number of halogens is 1. The Morgan fingerprint density at radius 1 is 0.969 bits per heavy atom. The maximum atomic E-state index is 13.9. The minimum Gasteiger partial charge on any atom is -0.494 e. The molecule has 2 saturated heterocycles. The van der Waals surface area contributed by atoms with Crippen molar-refractivity contribution in [1.29, 1.82) is 0 Å². The summed E-state index contributed by atoms with van der Waals surface area (Å²) in [6.07, 6.45) is 3.60. The summed E-state index contributed by atoms with van der Waals surface area (Å²) >= 11 is 0. The smallest absolute Gasteiger partial charge is 0.165 e. The van der Waals surface area contributed by atoms with Crippen molar-refractivity contribution in [3.05, 3.63) is 52.8 Å². The highest BCUT2D eigenvalue weighted by Crippen LogP contribution is 2.40. The minimum absolute atomic E-state index is 0.311. The third-order valence-corrected chi connectivity index (χ3v) is 7.13. The van der Waals surface area contributed by atoms with Gasteiger partial charge in [0.15, 0.2) is 11.6 Å². The zero-order valence-corrected chi connectivity index (χ0v) is 19.7. The summed E-state index contributed by atoms with van der Waals surface area (Å²) in [7, 11) is 3.21. The molecule has 6 heteroatoms. The first-order valence-corrected chi connectivity index (χ1v) is 11.6. The standard InChI is InChI=1S/C26H35FN2O3/c1-18-19(2)25(32-15-14-30-3)11-9-22(18)24-7-5-6-21-17-28(12-13-29(21)24)20-8-10-23(27)26(16-20)31-4/h8-11,16,21,24H,5-7,12-15,17H2,1-4H3/t21-,24+/m0/s1. The molecule has 0 bridgehead atoms. The predicted octanol–water partition coefficient (Wildman–Crippen LogP) is 4.89. The van der Waals surface area contributed by atoms with E-state index in [0.29, 0.717) is 31.0 Å². The number of benzene rings is 2. The molecular formula is C26H35FN2O3. The van der Waals surface area contributed by atoms with Gasteiger partial charge in [0.25, 0.3) is 0 Å². The molecule has 2 aliphatic heterocycles. The molecule has 174 valence electrons. The van der Waals surface area contributed by atoms with Crippen LogP contribution in [-0.4, -0.2) is 58.0 Å². The van der Waals surface area contributed by atoms with Crippen LogP contribution in [-0.2, 0) is 4.74 Å². The van der Waals surface area contributed by atoms with Crippen molar-refractivity contribution >= 4 is 5.69 Å². The second-order valence-electron chi connectivity index (χ2n) is 8.85. The number of piperidine rings is 1. The average molecular weight is 443 g/mol. The number of methoxy groups -OCH3 is 2. The van der Waals surface area contributed by atoms with Gasteiger partial charge in [-0.3, -0.25) is 4.90 Å². The van der Waals surface area contributed by atoms with Gasteiger partial charge < -0.3 is 19.1 Å². The lowest BCUT2D eigenvalue weighted by Gasteiger charge is -2.49. The number of hydrogen-bond acceptors (Lipinski definition) is 5. The molecule has 2 fully saturated rings. The van der Waals surface area contributed by atoms with Crippen molar-refractivity contribution in [3.63, 3.8) is 0 Å². The maximum Gasteiger partial charge on any atom is 0.165 e. The highest BCUT2D eigenvalue weighted by atomic mass is 19.1. The number of anilines is 1. The largest absolute Gasteiger partial charge is 0.494 e. The molecule has 2 heterocycles. The van der Waals surface area contributed by atoms with E-state index in [1.165, 1.54) is 49.1 Å². The molecule has 0 aromatic heterocycles. The molecule has 2 atom stereocenters. The number of hydrogen-bond donors (Lipinski definition) is 0. The maximum absolute atomic E-state index is 13.9. The van der Waals surface area contributed by atoms with Crippen molar-refractivity contribution in [3.8, 4) is 11.5 Å². The van der Waals surface area contributed by atoms with E-state index in [1.54, 1.807) is 7.11 Å². The van der Waals surface area contributed by atoms with Crippen LogP contribution >= 0.6 is 0 Å². The van der Waals surface area contributed by atoms with E-state index in [4.69, 9.17) is 14.2 Å². The Balaban J connectivity index is 1.50. The lowest BCUT2D eigenvalue weighted by molar-refractivity contribution is 0.0712. The quantitative estimate of drug-likeness (QED) is 0.570. The summed E-state index contributed by atoms with van der Waals surface area (Å²) in [6.45, 7) is 8.42. The Morgan fingerprint density at radius 3 is 2.59 bits per heavy atom. The van der Waals surface area contributed by atoms with Gasteiger partial charge >= 0.3 is 0 Å². The molecule has 5 nitrogen and oxygen atoms in total. The number of piperazine rings is 1. The Hall–Kier alpha value is -2.31. The van der Waals surface area contributed by atoms with E-state index >= 15 is 0 Å². The van der Waals surface area contributed by atoms with Crippen molar-refractivity contribution in [2.45, 2.75) is 45.2 Å². The Morgan fingerprint density at radius 2 is 1.81 bits per heavy atom. The first-order chi connectivity index (χ1) is 15.5. The fraction of sp³-hybridized carbons (Fsp3) is 0.538. The van der Waals surface area contributed by atoms with Gasteiger partial charge in [0.1, 0.15) is 12.4 Å². The molecule has 0 aliphatic carbocycles. The number of fused-ring (bicyclic) bond motifs is 1. The van der Waals surface area contributed by atoms with E-state index < -0.39 is 0 Å². The first-order valence-electron chi connectivity index (χ1n) is 11.6. The van der Waals surface area contributed by atoms with Crippen LogP contribution in [0.5, 0.6) is 11.5 Å². The lowest BCUT2D eigenvalue weighted by Crippen LogP contribution is -2.56. The molecule has 0 radical (unpaired) electrons. The average Bonchev–Trinajstić information content (AvgIpc) is 2.82. The SMILES string of the molecule is COCCOc1ccc([C@H]2CCC[C@H]3CN(c4ccc(F)c(OC)c4)CCN32)c(C)c1C. The minimum atomic E-state index is -0.312. The van der Waals surface area contributed by atoms with Gasteiger partial charge in [-0.25, -0.2) is 4.39 Å². The van der Waals surface area contributed by atoms with E-state index in [9.17, 15) is 4.39 Å². The molecular weight excluding hydrogens is 407 g/mol. The second kappa shape index (κ2) is 10.1. The topological polar surface area (TPSA) is 34.2 Å². The fourth-order valence-electron chi connectivity index (χ4n) is 5.23. The van der Waals surface area contributed by atoms with E-state index in [2.05, 4.69) is 35.8 Å². The van der Waals surface area contributed by atoms with E-state index in [-0.39, 0.29) is 5.82 Å². The zero-order valence-electron chi connectivity index (χ0n) is 19.7. The molecule has 0 N–H and O–H groups in total. The van der Waals surface area contributed by atoms with Crippen LogP contribution in [0.4, 0.5) is 10.1 Å². The van der Waals surface area contributed by atoms with Crippen LogP contribution in [0, 0.1) is 19.7 Å². The summed E-state index contributed by atoms with van der Waals surface area (Å²) in [5, 5.41) is 0. The molecule has 2 aliphatic rings. The summed E-state index contributed by atoms with van der Waals surface area (Å²) < 4.78 is 30.1. The summed E-state index contributed by atoms with van der Waals surface area (Å²) in [4.78, 5) is 5.06. The molecule has 2 aromatic carbocycles. The van der Waals surface area contributed by atoms with Crippen LogP contribution in [0.3, 0.4) is 0 Å². The number of nitrogens with zero attached hydrogens (tertiary/aromatic N) is 2. The first kappa shape index (κ1) is 22.9. The van der Waals surface area contributed by atoms with Crippen LogP contribution in [0.2, 0.25) is 0 Å². The van der Waals surface area contributed by atoms with Gasteiger partial charge in [-0.05, 0) is 68.0 Å². The van der Waals surface area contributed by atoms with Gasteiger partial charge in [0.2, 0.25) is 0 Å². The van der Waals surface area contributed by atoms with Gasteiger partial charge in [-0.15, -0.1) is 0 Å². The molecule has 4 rings (SSSR count). The van der Waals surface area contributed by atoms with E-state index in [0.717, 1.165) is 31.1 Å². The molecule has 0 unspecified atom stereocenters. The number of ether oxygens (including phenoxy) is 3. The summed E-state index contributed by atoms with van der Waals surface area (Å²) in [6, 6.07) is 10.5. The normalized spacial score (nSPS) is 21.3. The van der Waals surface area contributed by atoms with Gasteiger partial charge in [-0.2, -0.15) is 0 Å². The van der Waals surface area contributed by atoms with Crippen molar-refractivity contribution in [2.24, 2.45) is 0 Å². The number of rotatable bonds is 7.